The number of aromatic nitrogens is 2. The van der Waals surface area contributed by atoms with Crippen LogP contribution in [-0.2, 0) is 10.0 Å². The van der Waals surface area contributed by atoms with Crippen molar-refractivity contribution in [2.45, 2.75) is 5.03 Å². The van der Waals surface area contributed by atoms with Crippen LogP contribution in [-0.4, -0.2) is 30.6 Å². The van der Waals surface area contributed by atoms with Gasteiger partial charge in [0.15, 0.2) is 16.5 Å². The molecule has 3 N–H and O–H groups in total. The van der Waals surface area contributed by atoms with Gasteiger partial charge in [-0.25, -0.2) is 4.98 Å². The number of imidazole rings is 1. The number of phenolic OH excluding ortho intramolecular Hbond substituents is 1. The minimum Gasteiger partial charge on any atom is -0.504 e. The predicted molar refractivity (Wildman–Crippen MR) is 64.1 cm³/mol. The molecule has 0 radical (unpaired) electrons. The first-order valence-corrected chi connectivity index (χ1v) is 6.39. The maximum atomic E-state index is 11.8. The average Bonchev–Trinajstić information content (AvgIpc) is 2.82. The summed E-state index contributed by atoms with van der Waals surface area (Å²) in [6.45, 7) is 0. The second kappa shape index (κ2) is 4.57. The first kappa shape index (κ1) is 12.2. The maximum Gasteiger partial charge on any atom is 0.278 e. The molecule has 0 aliphatic rings. The molecule has 0 saturated carbocycles. The number of methoxy groups -OCH3 is 1. The van der Waals surface area contributed by atoms with Gasteiger partial charge in [-0.05, 0) is 12.1 Å². The van der Waals surface area contributed by atoms with Crippen molar-refractivity contribution >= 4 is 15.7 Å². The van der Waals surface area contributed by atoms with Crippen molar-refractivity contribution in [2.24, 2.45) is 0 Å². The van der Waals surface area contributed by atoms with Gasteiger partial charge in [-0.1, -0.05) is 0 Å². The summed E-state index contributed by atoms with van der Waals surface area (Å²) in [4.78, 5) is 6.12. The molecule has 18 heavy (non-hydrogen) atoms. The summed E-state index contributed by atoms with van der Waals surface area (Å²) < 4.78 is 30.8. The van der Waals surface area contributed by atoms with E-state index in [1.165, 1.54) is 37.8 Å². The Kier molecular flexibility index (Phi) is 3.11. The molecule has 1 aromatic carbocycles. The summed E-state index contributed by atoms with van der Waals surface area (Å²) in [7, 11) is -2.32. The molecule has 0 aliphatic heterocycles. The Morgan fingerprint density at radius 3 is 2.78 bits per heavy atom. The third-order valence-corrected chi connectivity index (χ3v) is 3.50. The van der Waals surface area contributed by atoms with Gasteiger partial charge in [0.1, 0.15) is 0 Å². The second-order valence-electron chi connectivity index (χ2n) is 3.41. The third-order valence-electron chi connectivity index (χ3n) is 2.19. The van der Waals surface area contributed by atoms with E-state index in [1.807, 2.05) is 0 Å². The number of rotatable bonds is 4. The summed E-state index contributed by atoms with van der Waals surface area (Å²) in [6.07, 6.45) is 2.45. The Hall–Kier alpha value is -2.22. The van der Waals surface area contributed by atoms with E-state index in [9.17, 15) is 13.5 Å². The van der Waals surface area contributed by atoms with E-state index in [1.54, 1.807) is 0 Å². The first-order valence-electron chi connectivity index (χ1n) is 4.91. The number of anilines is 1. The number of aromatic amines is 1. The fourth-order valence-electron chi connectivity index (χ4n) is 1.35. The van der Waals surface area contributed by atoms with Gasteiger partial charge in [-0.2, -0.15) is 8.42 Å². The van der Waals surface area contributed by atoms with Crippen molar-refractivity contribution in [3.05, 3.63) is 30.7 Å². The predicted octanol–water partition coefficient (Wildman–Crippen LogP) is 0.925. The highest BCUT2D eigenvalue weighted by atomic mass is 32.2. The van der Waals surface area contributed by atoms with Gasteiger partial charge in [0.05, 0.1) is 25.3 Å². The molecule has 8 heteroatoms. The van der Waals surface area contributed by atoms with Crippen LogP contribution < -0.4 is 9.46 Å². The monoisotopic (exact) mass is 269 g/mol. The number of ether oxygens (including phenoxy) is 1. The minimum atomic E-state index is -3.73. The average molecular weight is 269 g/mol. The van der Waals surface area contributed by atoms with Crippen LogP contribution in [0.1, 0.15) is 0 Å². The van der Waals surface area contributed by atoms with E-state index in [-0.39, 0.29) is 22.2 Å². The van der Waals surface area contributed by atoms with Crippen molar-refractivity contribution in [3.63, 3.8) is 0 Å². The largest absolute Gasteiger partial charge is 0.504 e. The normalized spacial score (nSPS) is 11.2. The van der Waals surface area contributed by atoms with E-state index in [0.717, 1.165) is 0 Å². The van der Waals surface area contributed by atoms with Gasteiger partial charge >= 0.3 is 0 Å². The first-order chi connectivity index (χ1) is 8.53. The van der Waals surface area contributed by atoms with Crippen LogP contribution >= 0.6 is 0 Å². The molecule has 96 valence electrons. The lowest BCUT2D eigenvalue weighted by atomic mass is 10.3. The van der Waals surface area contributed by atoms with Crippen molar-refractivity contribution in [3.8, 4) is 11.5 Å². The van der Waals surface area contributed by atoms with Crippen LogP contribution in [0.3, 0.4) is 0 Å². The SMILES string of the molecule is COc1ccc(NS(=O)(=O)c2cnc[nH]2)cc1O. The van der Waals surface area contributed by atoms with Crippen LogP contribution in [0.25, 0.3) is 0 Å². The lowest BCUT2D eigenvalue weighted by Gasteiger charge is -2.08. The zero-order valence-electron chi connectivity index (χ0n) is 9.41. The van der Waals surface area contributed by atoms with E-state index in [2.05, 4.69) is 14.7 Å². The standard InChI is InChI=1S/C10H11N3O4S/c1-17-9-3-2-7(4-8(9)14)13-18(15,16)10-5-11-6-12-10/h2-6,13-14H,1H3,(H,11,12). The number of aromatic hydroxyl groups is 1. The Morgan fingerprint density at radius 2 is 2.22 bits per heavy atom. The fourth-order valence-corrected chi connectivity index (χ4v) is 2.31. The Morgan fingerprint density at radius 1 is 1.44 bits per heavy atom. The zero-order chi connectivity index (χ0) is 13.2. The highest BCUT2D eigenvalue weighted by Gasteiger charge is 2.16. The van der Waals surface area contributed by atoms with Crippen LogP contribution in [0, 0.1) is 0 Å². The molecule has 0 bridgehead atoms. The van der Waals surface area contributed by atoms with Crippen LogP contribution in [0.5, 0.6) is 11.5 Å². The number of H-pyrrole nitrogens is 1. The number of phenols is 1. The van der Waals surface area contributed by atoms with Crippen molar-refractivity contribution in [1.29, 1.82) is 0 Å². The molecular weight excluding hydrogens is 258 g/mol. The van der Waals surface area contributed by atoms with Gasteiger partial charge in [-0.15, -0.1) is 0 Å². The number of nitrogens with one attached hydrogen (secondary N) is 2. The Balaban J connectivity index is 2.27. The number of hydrogen-bond donors (Lipinski definition) is 3. The summed E-state index contributed by atoms with van der Waals surface area (Å²) in [6, 6.07) is 4.19. The number of nitrogens with zero attached hydrogens (tertiary/aromatic N) is 1. The van der Waals surface area contributed by atoms with Crippen molar-refractivity contribution in [2.75, 3.05) is 11.8 Å². The molecule has 0 spiro atoms. The highest BCUT2D eigenvalue weighted by Crippen LogP contribution is 2.29. The highest BCUT2D eigenvalue weighted by molar-refractivity contribution is 7.92. The zero-order valence-corrected chi connectivity index (χ0v) is 10.2. The van der Waals surface area contributed by atoms with E-state index in [4.69, 9.17) is 4.74 Å². The molecule has 1 heterocycles. The van der Waals surface area contributed by atoms with Gasteiger partial charge in [-0.3, -0.25) is 4.72 Å². The van der Waals surface area contributed by atoms with Crippen molar-refractivity contribution in [1.82, 2.24) is 9.97 Å². The summed E-state index contributed by atoms with van der Waals surface area (Å²) >= 11 is 0. The van der Waals surface area contributed by atoms with E-state index < -0.39 is 10.0 Å². The lowest BCUT2D eigenvalue weighted by molar-refractivity contribution is 0.373. The lowest BCUT2D eigenvalue weighted by Crippen LogP contribution is -2.13. The Bertz CT molecular complexity index is 637. The molecule has 0 aliphatic carbocycles. The summed E-state index contributed by atoms with van der Waals surface area (Å²) in [5.74, 6) is 0.113. The number of hydrogen-bond acceptors (Lipinski definition) is 5. The smallest absolute Gasteiger partial charge is 0.278 e. The topological polar surface area (TPSA) is 104 Å². The number of sulfonamides is 1. The van der Waals surface area contributed by atoms with Gasteiger partial charge < -0.3 is 14.8 Å². The van der Waals surface area contributed by atoms with Crippen molar-refractivity contribution < 1.29 is 18.3 Å². The van der Waals surface area contributed by atoms with Crippen LogP contribution in [0.2, 0.25) is 0 Å². The van der Waals surface area contributed by atoms with Crippen LogP contribution in [0.15, 0.2) is 35.7 Å². The van der Waals surface area contributed by atoms with Gasteiger partial charge in [0, 0.05) is 6.07 Å². The van der Waals surface area contributed by atoms with E-state index in [0.29, 0.717) is 0 Å². The molecule has 7 nitrogen and oxygen atoms in total. The van der Waals surface area contributed by atoms with Crippen LogP contribution in [0.4, 0.5) is 5.69 Å². The minimum absolute atomic E-state index is 0.0576. The molecule has 1 aromatic heterocycles. The molecule has 0 atom stereocenters. The molecule has 0 saturated heterocycles. The van der Waals surface area contributed by atoms with Gasteiger partial charge in [0.2, 0.25) is 0 Å². The second-order valence-corrected chi connectivity index (χ2v) is 5.06. The number of benzene rings is 1. The third kappa shape index (κ3) is 2.38. The molecule has 0 fully saturated rings. The fraction of sp³-hybridized carbons (Fsp3) is 0.100. The molecular formula is C10H11N3O4S. The Labute approximate surface area is 104 Å². The molecule has 2 rings (SSSR count). The quantitative estimate of drug-likeness (QED) is 0.765. The maximum absolute atomic E-state index is 11.8. The summed E-state index contributed by atoms with van der Waals surface area (Å²) in [5, 5.41) is 9.48. The van der Waals surface area contributed by atoms with E-state index >= 15 is 0 Å². The molecule has 0 unspecified atom stereocenters. The van der Waals surface area contributed by atoms with Gasteiger partial charge in [0.25, 0.3) is 10.0 Å². The molecule has 0 amide bonds. The molecule has 2 aromatic rings. The summed E-state index contributed by atoms with van der Waals surface area (Å²) in [5.41, 5.74) is 0.225.